The number of carbonyl (C=O) groups excluding carboxylic acids is 1. The summed E-state index contributed by atoms with van der Waals surface area (Å²) in [5.41, 5.74) is 1.36. The van der Waals surface area contributed by atoms with E-state index in [9.17, 15) is 4.79 Å². The van der Waals surface area contributed by atoms with Crippen LogP contribution in [-0.4, -0.2) is 96.8 Å². The lowest BCUT2D eigenvalue weighted by molar-refractivity contribution is -0.0127. The van der Waals surface area contributed by atoms with Gasteiger partial charge in [-0.2, -0.15) is 11.8 Å². The summed E-state index contributed by atoms with van der Waals surface area (Å²) in [4.78, 5) is 19.9. The molecule has 0 aliphatic carbocycles. The first-order valence-corrected chi connectivity index (χ1v) is 12.6. The molecule has 1 aromatic carbocycles. The molecule has 166 valence electrons. The SMILES string of the molecule is O=C(NCC1(N2CCOCC2)CCSC1)N1CCCN(Cc2ccc(Cl)cc2)CC1. The number of hydrogen-bond donors (Lipinski definition) is 1. The Bertz CT molecular complexity index is 693. The number of benzene rings is 1. The number of nitrogens with zero attached hydrogens (tertiary/aromatic N) is 3. The van der Waals surface area contributed by atoms with Crippen LogP contribution in [-0.2, 0) is 11.3 Å². The minimum Gasteiger partial charge on any atom is -0.379 e. The van der Waals surface area contributed by atoms with E-state index < -0.39 is 0 Å². The van der Waals surface area contributed by atoms with Gasteiger partial charge in [-0.15, -0.1) is 0 Å². The van der Waals surface area contributed by atoms with Crippen LogP contribution >= 0.6 is 23.4 Å². The molecule has 3 aliphatic rings. The van der Waals surface area contributed by atoms with Crippen LogP contribution in [0.15, 0.2) is 24.3 Å². The quantitative estimate of drug-likeness (QED) is 0.744. The van der Waals surface area contributed by atoms with Crippen molar-refractivity contribution in [1.29, 1.82) is 0 Å². The van der Waals surface area contributed by atoms with Gasteiger partial charge in [-0.25, -0.2) is 4.79 Å². The topological polar surface area (TPSA) is 48.1 Å². The fourth-order valence-corrected chi connectivity index (χ4v) is 6.27. The van der Waals surface area contributed by atoms with Crippen LogP contribution in [0, 0.1) is 0 Å². The van der Waals surface area contributed by atoms with Gasteiger partial charge in [0.1, 0.15) is 0 Å². The zero-order chi connectivity index (χ0) is 20.8. The van der Waals surface area contributed by atoms with E-state index in [0.29, 0.717) is 0 Å². The standard InChI is InChI=1S/C22H33ClN4O2S/c23-20-4-2-19(3-5-20)16-25-7-1-8-26(10-9-25)21(28)24-17-22(6-15-30-18-22)27-11-13-29-14-12-27/h2-5H,1,6-18H2,(H,24,28). The zero-order valence-corrected chi connectivity index (χ0v) is 19.2. The molecule has 8 heteroatoms. The lowest BCUT2D eigenvalue weighted by Crippen LogP contribution is -2.60. The first-order chi connectivity index (χ1) is 14.6. The number of carbonyl (C=O) groups is 1. The lowest BCUT2D eigenvalue weighted by atomic mass is 9.95. The smallest absolute Gasteiger partial charge is 0.317 e. The van der Waals surface area contributed by atoms with Crippen molar-refractivity contribution in [2.24, 2.45) is 0 Å². The number of thioether (sulfide) groups is 1. The summed E-state index contributed by atoms with van der Waals surface area (Å²) in [7, 11) is 0. The van der Waals surface area contributed by atoms with Crippen LogP contribution in [0.2, 0.25) is 5.02 Å². The molecule has 2 amide bonds. The van der Waals surface area contributed by atoms with E-state index in [2.05, 4.69) is 27.2 Å². The summed E-state index contributed by atoms with van der Waals surface area (Å²) in [6, 6.07) is 8.15. The fourth-order valence-electron chi connectivity index (χ4n) is 4.67. The Labute approximate surface area is 189 Å². The molecule has 0 bridgehead atoms. The average molecular weight is 453 g/mol. The summed E-state index contributed by atoms with van der Waals surface area (Å²) in [6.07, 6.45) is 2.15. The number of nitrogens with one attached hydrogen (secondary N) is 1. The van der Waals surface area contributed by atoms with Gasteiger partial charge in [0.05, 0.1) is 13.2 Å². The van der Waals surface area contributed by atoms with E-state index in [0.717, 1.165) is 89.2 Å². The normalized spacial score (nSPS) is 26.5. The minimum atomic E-state index is 0.0906. The number of urea groups is 1. The highest BCUT2D eigenvalue weighted by Gasteiger charge is 2.41. The number of ether oxygens (including phenoxy) is 1. The maximum Gasteiger partial charge on any atom is 0.317 e. The maximum atomic E-state index is 13.0. The van der Waals surface area contributed by atoms with E-state index >= 15 is 0 Å². The van der Waals surface area contributed by atoms with Crippen LogP contribution in [0.3, 0.4) is 0 Å². The maximum absolute atomic E-state index is 13.0. The molecular weight excluding hydrogens is 420 g/mol. The second-order valence-electron chi connectivity index (χ2n) is 8.53. The molecule has 3 saturated heterocycles. The molecule has 0 radical (unpaired) electrons. The summed E-state index contributed by atoms with van der Waals surface area (Å²) in [5, 5.41) is 4.06. The number of amides is 2. The van der Waals surface area contributed by atoms with Crippen LogP contribution in [0.5, 0.6) is 0 Å². The predicted molar refractivity (Wildman–Crippen MR) is 123 cm³/mol. The molecule has 0 spiro atoms. The minimum absolute atomic E-state index is 0.0906. The van der Waals surface area contributed by atoms with Crippen molar-refractivity contribution in [2.75, 3.05) is 70.5 Å². The summed E-state index contributed by atoms with van der Waals surface area (Å²) >= 11 is 8.00. The fraction of sp³-hybridized carbons (Fsp3) is 0.682. The molecule has 3 fully saturated rings. The van der Waals surface area contributed by atoms with Gasteiger partial charge in [0.15, 0.2) is 0 Å². The van der Waals surface area contributed by atoms with E-state index in [1.807, 2.05) is 28.8 Å². The molecule has 1 aromatic rings. The van der Waals surface area contributed by atoms with Gasteiger partial charge < -0.3 is 15.0 Å². The van der Waals surface area contributed by atoms with Crippen LogP contribution in [0.1, 0.15) is 18.4 Å². The molecule has 6 nitrogen and oxygen atoms in total. The highest BCUT2D eigenvalue weighted by atomic mass is 35.5. The van der Waals surface area contributed by atoms with Crippen molar-refractivity contribution >= 4 is 29.4 Å². The zero-order valence-electron chi connectivity index (χ0n) is 17.7. The van der Waals surface area contributed by atoms with Gasteiger partial charge >= 0.3 is 6.03 Å². The van der Waals surface area contributed by atoms with Crippen LogP contribution in [0.4, 0.5) is 4.79 Å². The Balaban J connectivity index is 1.27. The molecule has 1 unspecified atom stereocenters. The number of morpholine rings is 1. The summed E-state index contributed by atoms with van der Waals surface area (Å²) in [5.74, 6) is 2.28. The van der Waals surface area contributed by atoms with Crippen molar-refractivity contribution in [3.8, 4) is 0 Å². The van der Waals surface area contributed by atoms with Gasteiger partial charge in [-0.1, -0.05) is 23.7 Å². The number of rotatable bonds is 5. The number of hydrogen-bond acceptors (Lipinski definition) is 5. The molecule has 3 aliphatic heterocycles. The molecule has 1 atom stereocenters. The largest absolute Gasteiger partial charge is 0.379 e. The molecular formula is C22H33ClN4O2S. The van der Waals surface area contributed by atoms with E-state index in [4.69, 9.17) is 16.3 Å². The Morgan fingerprint density at radius 3 is 2.63 bits per heavy atom. The van der Waals surface area contributed by atoms with Crippen LogP contribution in [0.25, 0.3) is 0 Å². The Morgan fingerprint density at radius 1 is 1.10 bits per heavy atom. The van der Waals surface area contributed by atoms with Gasteiger partial charge in [-0.3, -0.25) is 9.80 Å². The highest BCUT2D eigenvalue weighted by Crippen LogP contribution is 2.33. The van der Waals surface area contributed by atoms with Gasteiger partial charge in [0.2, 0.25) is 0 Å². The molecule has 0 aromatic heterocycles. The molecule has 3 heterocycles. The molecule has 30 heavy (non-hydrogen) atoms. The third kappa shape index (κ3) is 5.62. The van der Waals surface area contributed by atoms with Gasteiger partial charge in [-0.05, 0) is 36.3 Å². The lowest BCUT2D eigenvalue weighted by Gasteiger charge is -2.43. The summed E-state index contributed by atoms with van der Waals surface area (Å²) < 4.78 is 5.54. The van der Waals surface area contributed by atoms with E-state index in [-0.39, 0.29) is 11.6 Å². The summed E-state index contributed by atoms with van der Waals surface area (Å²) in [6.45, 7) is 8.71. The van der Waals surface area contributed by atoms with Crippen molar-refractivity contribution in [1.82, 2.24) is 20.0 Å². The Hall–Kier alpha value is -0.990. The van der Waals surface area contributed by atoms with Crippen LogP contribution < -0.4 is 5.32 Å². The van der Waals surface area contributed by atoms with Gasteiger partial charge in [0.25, 0.3) is 0 Å². The third-order valence-electron chi connectivity index (χ3n) is 6.53. The first kappa shape index (κ1) is 22.2. The Morgan fingerprint density at radius 2 is 1.90 bits per heavy atom. The monoisotopic (exact) mass is 452 g/mol. The third-order valence-corrected chi connectivity index (χ3v) is 8.01. The van der Waals surface area contributed by atoms with Crippen molar-refractivity contribution in [2.45, 2.75) is 24.9 Å². The van der Waals surface area contributed by atoms with Crippen molar-refractivity contribution in [3.63, 3.8) is 0 Å². The average Bonchev–Trinajstić information content (AvgIpc) is 3.14. The molecule has 4 rings (SSSR count). The van der Waals surface area contributed by atoms with Gasteiger partial charge in [0, 0.05) is 68.7 Å². The predicted octanol–water partition coefficient (Wildman–Crippen LogP) is 2.77. The Kier molecular flexibility index (Phi) is 7.81. The molecule has 1 N–H and O–H groups in total. The van der Waals surface area contributed by atoms with E-state index in [1.165, 1.54) is 11.3 Å². The second-order valence-corrected chi connectivity index (χ2v) is 10.1. The first-order valence-electron chi connectivity index (χ1n) is 11.0. The van der Waals surface area contributed by atoms with Crippen molar-refractivity contribution < 1.29 is 9.53 Å². The van der Waals surface area contributed by atoms with E-state index in [1.54, 1.807) is 0 Å². The highest BCUT2D eigenvalue weighted by molar-refractivity contribution is 7.99. The van der Waals surface area contributed by atoms with Crippen molar-refractivity contribution in [3.05, 3.63) is 34.9 Å². The number of halogens is 1. The molecule has 0 saturated carbocycles. The second kappa shape index (κ2) is 10.6.